The normalized spacial score (nSPS) is 11.6. The summed E-state index contributed by atoms with van der Waals surface area (Å²) < 4.78 is 0. The molecule has 0 fully saturated rings. The molecule has 0 saturated heterocycles. The first-order valence-electron chi connectivity index (χ1n) is 5.47. The molecule has 0 aliphatic rings. The summed E-state index contributed by atoms with van der Waals surface area (Å²) in [5, 5.41) is 6.72. The van der Waals surface area contributed by atoms with E-state index in [4.69, 9.17) is 0 Å². The van der Waals surface area contributed by atoms with Crippen LogP contribution in [0.25, 0.3) is 0 Å². The number of nitrogens with zero attached hydrogens (tertiary/aromatic N) is 2. The van der Waals surface area contributed by atoms with Gasteiger partial charge in [0, 0.05) is 24.5 Å². The van der Waals surface area contributed by atoms with Crippen LogP contribution in [0.3, 0.4) is 0 Å². The summed E-state index contributed by atoms with van der Waals surface area (Å²) in [5.74, 6) is 0. The van der Waals surface area contributed by atoms with Crippen LogP contribution in [-0.2, 0) is 13.1 Å². The number of thiazole rings is 1. The van der Waals surface area contributed by atoms with Gasteiger partial charge in [-0.1, -0.05) is 20.8 Å². The lowest BCUT2D eigenvalue weighted by Gasteiger charge is -2.11. The maximum absolute atomic E-state index is 4.58. The minimum absolute atomic E-state index is 0.524. The maximum Gasteiger partial charge on any atom is 0.107 e. The fourth-order valence-electron chi connectivity index (χ4n) is 1.18. The Bertz CT molecular complexity index is 283. The van der Waals surface area contributed by atoms with Crippen molar-refractivity contribution in [3.8, 4) is 0 Å². The highest BCUT2D eigenvalue weighted by atomic mass is 32.1. The van der Waals surface area contributed by atoms with Gasteiger partial charge in [-0.25, -0.2) is 4.98 Å². The minimum Gasteiger partial charge on any atom is -0.308 e. The van der Waals surface area contributed by atoms with Crippen LogP contribution in [0.1, 0.15) is 31.5 Å². The Hall–Kier alpha value is -0.450. The molecule has 3 nitrogen and oxygen atoms in total. The highest BCUT2D eigenvalue weighted by Crippen LogP contribution is 2.11. The molecule has 1 aromatic rings. The molecule has 0 spiro atoms. The van der Waals surface area contributed by atoms with Crippen LogP contribution in [-0.4, -0.2) is 29.5 Å². The van der Waals surface area contributed by atoms with Gasteiger partial charge in [-0.2, -0.15) is 0 Å². The van der Waals surface area contributed by atoms with Gasteiger partial charge >= 0.3 is 0 Å². The van der Waals surface area contributed by atoms with Crippen LogP contribution in [0.4, 0.5) is 0 Å². The topological polar surface area (TPSA) is 28.2 Å². The van der Waals surface area contributed by atoms with Crippen LogP contribution in [0, 0.1) is 0 Å². The third kappa shape index (κ3) is 4.73. The molecule has 1 aromatic heterocycles. The van der Waals surface area contributed by atoms with Crippen LogP contribution in [0.15, 0.2) is 5.38 Å². The third-order valence-corrected chi connectivity index (χ3v) is 3.13. The van der Waals surface area contributed by atoms with Crippen molar-refractivity contribution in [1.82, 2.24) is 15.2 Å². The second kappa shape index (κ2) is 6.20. The summed E-state index contributed by atoms with van der Waals surface area (Å²) in [6.45, 7) is 9.37. The van der Waals surface area contributed by atoms with E-state index in [1.54, 1.807) is 11.3 Å². The molecule has 0 saturated carbocycles. The molecule has 0 bridgehead atoms. The molecule has 0 atom stereocenters. The van der Waals surface area contributed by atoms with Crippen LogP contribution in [0.2, 0.25) is 0 Å². The van der Waals surface area contributed by atoms with Crippen molar-refractivity contribution in [3.05, 3.63) is 16.1 Å². The van der Waals surface area contributed by atoms with Crippen molar-refractivity contribution in [2.75, 3.05) is 13.6 Å². The minimum atomic E-state index is 0.524. The third-order valence-electron chi connectivity index (χ3n) is 2.23. The van der Waals surface area contributed by atoms with Crippen molar-refractivity contribution in [2.24, 2.45) is 0 Å². The Kier molecular flexibility index (Phi) is 5.22. The number of rotatable bonds is 6. The second-order valence-corrected chi connectivity index (χ2v) is 5.04. The predicted molar refractivity (Wildman–Crippen MR) is 66.1 cm³/mol. The zero-order valence-electron chi connectivity index (χ0n) is 10.1. The van der Waals surface area contributed by atoms with E-state index in [0.717, 1.165) is 19.6 Å². The molecule has 1 rings (SSSR count). The lowest BCUT2D eigenvalue weighted by atomic mass is 10.4. The summed E-state index contributed by atoms with van der Waals surface area (Å²) in [4.78, 5) is 6.84. The fraction of sp³-hybridized carbons (Fsp3) is 0.727. The first-order chi connectivity index (χ1) is 7.11. The largest absolute Gasteiger partial charge is 0.308 e. The molecule has 0 aliphatic heterocycles. The molecule has 4 heteroatoms. The average Bonchev–Trinajstić information content (AvgIpc) is 2.62. The van der Waals surface area contributed by atoms with Gasteiger partial charge in [0.1, 0.15) is 5.01 Å². The van der Waals surface area contributed by atoms with E-state index in [2.05, 4.69) is 48.4 Å². The van der Waals surface area contributed by atoms with E-state index in [1.165, 1.54) is 10.7 Å². The molecule has 0 unspecified atom stereocenters. The van der Waals surface area contributed by atoms with Crippen molar-refractivity contribution >= 4 is 11.3 Å². The zero-order valence-corrected chi connectivity index (χ0v) is 10.9. The van der Waals surface area contributed by atoms with Gasteiger partial charge in [-0.05, 0) is 13.6 Å². The van der Waals surface area contributed by atoms with E-state index in [9.17, 15) is 0 Å². The zero-order chi connectivity index (χ0) is 11.3. The van der Waals surface area contributed by atoms with Gasteiger partial charge in [0.2, 0.25) is 0 Å². The summed E-state index contributed by atoms with van der Waals surface area (Å²) in [5.41, 5.74) is 1.19. The monoisotopic (exact) mass is 227 g/mol. The summed E-state index contributed by atoms with van der Waals surface area (Å²) in [6.07, 6.45) is 0. The molecule has 0 aliphatic carbocycles. The molecule has 15 heavy (non-hydrogen) atoms. The first kappa shape index (κ1) is 12.6. The van der Waals surface area contributed by atoms with E-state index in [0.29, 0.717) is 6.04 Å². The molecule has 0 aromatic carbocycles. The molecule has 0 radical (unpaired) electrons. The van der Waals surface area contributed by atoms with Crippen molar-refractivity contribution in [3.63, 3.8) is 0 Å². The summed E-state index contributed by atoms with van der Waals surface area (Å²) >= 11 is 1.74. The van der Waals surface area contributed by atoms with Crippen LogP contribution >= 0.6 is 11.3 Å². The Balaban J connectivity index is 2.42. The van der Waals surface area contributed by atoms with E-state index in [-0.39, 0.29) is 0 Å². The van der Waals surface area contributed by atoms with Gasteiger partial charge in [-0.15, -0.1) is 11.3 Å². The number of aromatic nitrogens is 1. The Morgan fingerprint density at radius 1 is 1.53 bits per heavy atom. The van der Waals surface area contributed by atoms with Gasteiger partial charge in [0.05, 0.1) is 5.69 Å². The first-order valence-corrected chi connectivity index (χ1v) is 6.35. The molecule has 86 valence electrons. The van der Waals surface area contributed by atoms with E-state index < -0.39 is 0 Å². The van der Waals surface area contributed by atoms with Gasteiger partial charge in [-0.3, -0.25) is 0 Å². The van der Waals surface area contributed by atoms with Crippen LogP contribution < -0.4 is 5.32 Å². The molecule has 1 heterocycles. The van der Waals surface area contributed by atoms with Gasteiger partial charge in [0.25, 0.3) is 0 Å². The Labute approximate surface area is 96.5 Å². The van der Waals surface area contributed by atoms with Crippen molar-refractivity contribution in [2.45, 2.75) is 39.9 Å². The molecular formula is C11H21N3S. The highest BCUT2D eigenvalue weighted by molar-refractivity contribution is 7.09. The SMILES string of the molecule is CCN(C)Cc1csc(CNC(C)C)n1. The number of nitrogens with one attached hydrogen (secondary N) is 1. The Morgan fingerprint density at radius 3 is 2.87 bits per heavy atom. The van der Waals surface area contributed by atoms with Gasteiger partial charge in [0.15, 0.2) is 0 Å². The van der Waals surface area contributed by atoms with Crippen LogP contribution in [0.5, 0.6) is 0 Å². The average molecular weight is 227 g/mol. The lowest BCUT2D eigenvalue weighted by molar-refractivity contribution is 0.342. The highest BCUT2D eigenvalue weighted by Gasteiger charge is 2.04. The van der Waals surface area contributed by atoms with Crippen molar-refractivity contribution in [1.29, 1.82) is 0 Å². The molecule has 0 amide bonds. The standard InChI is InChI=1S/C11H21N3S/c1-5-14(4)7-10-8-15-11(13-10)6-12-9(2)3/h8-9,12H,5-7H2,1-4H3. The smallest absolute Gasteiger partial charge is 0.107 e. The predicted octanol–water partition coefficient (Wildman–Crippen LogP) is 2.09. The summed E-state index contributed by atoms with van der Waals surface area (Å²) in [7, 11) is 2.12. The Morgan fingerprint density at radius 2 is 2.27 bits per heavy atom. The second-order valence-electron chi connectivity index (χ2n) is 4.10. The molecule has 1 N–H and O–H groups in total. The number of hydrogen-bond donors (Lipinski definition) is 1. The number of hydrogen-bond acceptors (Lipinski definition) is 4. The maximum atomic E-state index is 4.58. The fourth-order valence-corrected chi connectivity index (χ4v) is 1.92. The lowest BCUT2D eigenvalue weighted by Crippen LogP contribution is -2.22. The molecular weight excluding hydrogens is 206 g/mol. The van der Waals surface area contributed by atoms with Gasteiger partial charge < -0.3 is 10.2 Å². The quantitative estimate of drug-likeness (QED) is 0.806. The van der Waals surface area contributed by atoms with Crippen molar-refractivity contribution < 1.29 is 0 Å². The van der Waals surface area contributed by atoms with E-state index >= 15 is 0 Å². The van der Waals surface area contributed by atoms with E-state index in [1.807, 2.05) is 0 Å². The summed E-state index contributed by atoms with van der Waals surface area (Å²) in [6, 6.07) is 0.524.